The van der Waals surface area contributed by atoms with Crippen molar-refractivity contribution in [1.29, 1.82) is 10.5 Å². The number of hydrogen-bond acceptors (Lipinski definition) is 2. The molecular formula is C38H22N4. The second-order valence-corrected chi connectivity index (χ2v) is 10.4. The summed E-state index contributed by atoms with van der Waals surface area (Å²) in [6.07, 6.45) is 0. The molecule has 0 saturated heterocycles. The van der Waals surface area contributed by atoms with Gasteiger partial charge in [-0.1, -0.05) is 84.9 Å². The van der Waals surface area contributed by atoms with Crippen LogP contribution in [0.15, 0.2) is 133 Å². The van der Waals surface area contributed by atoms with Crippen LogP contribution >= 0.6 is 0 Å². The molecule has 6 aromatic carbocycles. The molecule has 0 unspecified atom stereocenters. The third-order valence-electron chi connectivity index (χ3n) is 8.21. The average molecular weight is 535 g/mol. The largest absolute Gasteiger partial charge is 0.309 e. The lowest BCUT2D eigenvalue weighted by Crippen LogP contribution is -1.99. The van der Waals surface area contributed by atoms with Gasteiger partial charge in [0.1, 0.15) is 12.1 Å². The predicted molar refractivity (Wildman–Crippen MR) is 170 cm³/mol. The SMILES string of the molecule is N#Cc1cccc(-n2c3ccccc3c3ccc(-c4cccc5c4c4ccccc4n5-c4ccccc4)cc32)c1C#N. The number of nitriles is 2. The van der Waals surface area contributed by atoms with E-state index in [1.54, 1.807) is 6.07 Å². The van der Waals surface area contributed by atoms with Crippen molar-refractivity contribution in [3.8, 4) is 34.6 Å². The van der Waals surface area contributed by atoms with E-state index in [0.717, 1.165) is 49.7 Å². The molecule has 0 bridgehead atoms. The Morgan fingerprint density at radius 2 is 1.14 bits per heavy atom. The molecule has 0 spiro atoms. The molecule has 0 amide bonds. The van der Waals surface area contributed by atoms with Gasteiger partial charge >= 0.3 is 0 Å². The van der Waals surface area contributed by atoms with E-state index in [9.17, 15) is 10.5 Å². The average Bonchev–Trinajstić information content (AvgIpc) is 3.57. The Hall–Kier alpha value is -6.10. The van der Waals surface area contributed by atoms with Crippen molar-refractivity contribution in [2.45, 2.75) is 0 Å². The lowest BCUT2D eigenvalue weighted by atomic mass is 9.98. The molecule has 0 saturated carbocycles. The number of benzene rings is 6. The van der Waals surface area contributed by atoms with E-state index in [0.29, 0.717) is 16.8 Å². The van der Waals surface area contributed by atoms with Gasteiger partial charge in [-0.15, -0.1) is 0 Å². The maximum atomic E-state index is 10.1. The Bertz CT molecular complexity index is 2430. The molecule has 4 nitrogen and oxygen atoms in total. The molecule has 0 radical (unpaired) electrons. The summed E-state index contributed by atoms with van der Waals surface area (Å²) < 4.78 is 4.46. The number of hydrogen-bond donors (Lipinski definition) is 0. The summed E-state index contributed by atoms with van der Waals surface area (Å²) >= 11 is 0. The Labute approximate surface area is 242 Å². The molecule has 0 N–H and O–H groups in total. The van der Waals surface area contributed by atoms with E-state index in [1.165, 1.54) is 10.8 Å². The molecule has 0 aliphatic heterocycles. The van der Waals surface area contributed by atoms with Gasteiger partial charge in [0.15, 0.2) is 0 Å². The third kappa shape index (κ3) is 3.33. The number of fused-ring (bicyclic) bond motifs is 6. The molecular weight excluding hydrogens is 512 g/mol. The zero-order valence-electron chi connectivity index (χ0n) is 22.5. The van der Waals surface area contributed by atoms with Gasteiger partial charge in [-0.05, 0) is 59.7 Å². The summed E-state index contributed by atoms with van der Waals surface area (Å²) in [5.74, 6) is 0. The molecule has 2 aromatic heterocycles. The topological polar surface area (TPSA) is 57.4 Å². The van der Waals surface area contributed by atoms with E-state index in [2.05, 4.69) is 118 Å². The fourth-order valence-electron chi connectivity index (χ4n) is 6.45. The van der Waals surface area contributed by atoms with Crippen LogP contribution in [0.5, 0.6) is 0 Å². The van der Waals surface area contributed by atoms with Crippen LogP contribution in [0, 0.1) is 22.7 Å². The first-order valence-corrected chi connectivity index (χ1v) is 13.8. The van der Waals surface area contributed by atoms with Crippen LogP contribution in [0.2, 0.25) is 0 Å². The van der Waals surface area contributed by atoms with E-state index in [-0.39, 0.29) is 0 Å². The molecule has 0 aliphatic carbocycles. The lowest BCUT2D eigenvalue weighted by Gasteiger charge is -2.12. The molecule has 4 heteroatoms. The quantitative estimate of drug-likeness (QED) is 0.227. The standard InChI is InChI=1S/C38H22N4/c39-23-26-10-8-18-35(32(26)24-40)42-33-16-6-4-13-29(33)30-21-20-25(22-37(30)42)28-15-9-19-36-38(28)31-14-5-7-17-34(31)41(36)27-11-2-1-3-12-27/h1-22H. The molecule has 2 heterocycles. The van der Waals surface area contributed by atoms with Gasteiger partial charge in [0.25, 0.3) is 0 Å². The second kappa shape index (κ2) is 9.24. The first-order valence-electron chi connectivity index (χ1n) is 13.8. The van der Waals surface area contributed by atoms with E-state index in [4.69, 9.17) is 0 Å². The van der Waals surface area contributed by atoms with Gasteiger partial charge in [-0.3, -0.25) is 0 Å². The molecule has 194 valence electrons. The van der Waals surface area contributed by atoms with Gasteiger partial charge in [0.05, 0.1) is 38.9 Å². The minimum atomic E-state index is 0.371. The van der Waals surface area contributed by atoms with Crippen molar-refractivity contribution < 1.29 is 0 Å². The van der Waals surface area contributed by atoms with Gasteiger partial charge < -0.3 is 9.13 Å². The molecule has 0 atom stereocenters. The molecule has 8 aromatic rings. The van der Waals surface area contributed by atoms with Crippen LogP contribution in [0.1, 0.15) is 11.1 Å². The van der Waals surface area contributed by atoms with Gasteiger partial charge in [0.2, 0.25) is 0 Å². The first kappa shape index (κ1) is 23.8. The van der Waals surface area contributed by atoms with Crippen LogP contribution in [-0.4, -0.2) is 9.13 Å². The highest BCUT2D eigenvalue weighted by Crippen LogP contribution is 2.41. The fraction of sp³-hybridized carbons (Fsp3) is 0. The van der Waals surface area contributed by atoms with Crippen molar-refractivity contribution in [2.24, 2.45) is 0 Å². The summed E-state index contributed by atoms with van der Waals surface area (Å²) in [5, 5.41) is 24.4. The Morgan fingerprint density at radius 3 is 1.93 bits per heavy atom. The van der Waals surface area contributed by atoms with Gasteiger partial charge in [-0.25, -0.2) is 0 Å². The van der Waals surface area contributed by atoms with Gasteiger partial charge in [-0.2, -0.15) is 10.5 Å². The second-order valence-electron chi connectivity index (χ2n) is 10.4. The zero-order chi connectivity index (χ0) is 28.2. The molecule has 8 rings (SSSR count). The van der Waals surface area contributed by atoms with Crippen molar-refractivity contribution >= 4 is 43.6 Å². The minimum absolute atomic E-state index is 0.371. The van der Waals surface area contributed by atoms with Crippen molar-refractivity contribution in [3.63, 3.8) is 0 Å². The molecule has 0 aliphatic rings. The van der Waals surface area contributed by atoms with Crippen LogP contribution in [-0.2, 0) is 0 Å². The maximum Gasteiger partial charge on any atom is 0.103 e. The lowest BCUT2D eigenvalue weighted by molar-refractivity contribution is 1.16. The van der Waals surface area contributed by atoms with E-state index in [1.807, 2.05) is 30.3 Å². The normalized spacial score (nSPS) is 11.3. The first-order chi connectivity index (χ1) is 20.8. The molecule has 42 heavy (non-hydrogen) atoms. The zero-order valence-corrected chi connectivity index (χ0v) is 22.5. The smallest absolute Gasteiger partial charge is 0.103 e. The number of nitrogens with zero attached hydrogens (tertiary/aromatic N) is 4. The highest BCUT2D eigenvalue weighted by molar-refractivity contribution is 6.17. The Morgan fingerprint density at radius 1 is 0.476 bits per heavy atom. The summed E-state index contributed by atoms with van der Waals surface area (Å²) in [6.45, 7) is 0. The monoisotopic (exact) mass is 534 g/mol. The van der Waals surface area contributed by atoms with Crippen molar-refractivity contribution in [3.05, 3.63) is 145 Å². The van der Waals surface area contributed by atoms with Crippen LogP contribution in [0.3, 0.4) is 0 Å². The fourth-order valence-corrected chi connectivity index (χ4v) is 6.45. The number of rotatable bonds is 3. The van der Waals surface area contributed by atoms with Crippen LogP contribution in [0.25, 0.3) is 66.1 Å². The van der Waals surface area contributed by atoms with Gasteiger partial charge in [0, 0.05) is 27.2 Å². The van der Waals surface area contributed by atoms with Crippen molar-refractivity contribution in [1.82, 2.24) is 9.13 Å². The highest BCUT2D eigenvalue weighted by atomic mass is 15.0. The summed E-state index contributed by atoms with van der Waals surface area (Å²) in [4.78, 5) is 0. The molecule has 0 fully saturated rings. The Kier molecular flexibility index (Phi) is 5.22. The van der Waals surface area contributed by atoms with E-state index >= 15 is 0 Å². The number of aromatic nitrogens is 2. The maximum absolute atomic E-state index is 10.1. The van der Waals surface area contributed by atoms with Crippen LogP contribution in [0.4, 0.5) is 0 Å². The Balaban J connectivity index is 1.47. The predicted octanol–water partition coefficient (Wildman–Crippen LogP) is 9.29. The third-order valence-corrected chi connectivity index (χ3v) is 8.21. The highest BCUT2D eigenvalue weighted by Gasteiger charge is 2.19. The summed E-state index contributed by atoms with van der Waals surface area (Å²) in [7, 11) is 0. The summed E-state index contributed by atoms with van der Waals surface area (Å²) in [6, 6.07) is 50.3. The van der Waals surface area contributed by atoms with Crippen LogP contribution < -0.4 is 0 Å². The summed E-state index contributed by atoms with van der Waals surface area (Å²) in [5.41, 5.74) is 9.10. The van der Waals surface area contributed by atoms with E-state index < -0.39 is 0 Å². The minimum Gasteiger partial charge on any atom is -0.309 e. The number of para-hydroxylation sites is 3. The van der Waals surface area contributed by atoms with Crippen molar-refractivity contribution in [2.75, 3.05) is 0 Å².